The van der Waals surface area contributed by atoms with Crippen LogP contribution in [-0.4, -0.2) is 33.9 Å². The van der Waals surface area contributed by atoms with E-state index in [2.05, 4.69) is 15.7 Å². The van der Waals surface area contributed by atoms with Crippen LogP contribution in [0.15, 0.2) is 23.6 Å². The highest BCUT2D eigenvalue weighted by Gasteiger charge is 2.47. The zero-order valence-electron chi connectivity index (χ0n) is 18.8. The van der Waals surface area contributed by atoms with Gasteiger partial charge in [0.2, 0.25) is 0 Å². The summed E-state index contributed by atoms with van der Waals surface area (Å²) < 4.78 is 47.7. The minimum atomic E-state index is -4.54. The summed E-state index contributed by atoms with van der Waals surface area (Å²) in [7, 11) is 0. The van der Waals surface area contributed by atoms with Gasteiger partial charge >= 0.3 is 12.1 Å². The molecule has 0 radical (unpaired) electrons. The number of halogens is 3. The van der Waals surface area contributed by atoms with E-state index in [0.717, 1.165) is 14.4 Å². The van der Waals surface area contributed by atoms with Crippen LogP contribution in [0.25, 0.3) is 0 Å². The summed E-state index contributed by atoms with van der Waals surface area (Å²) in [5.74, 6) is -1.18. The number of rotatable bonds is 5. The molecule has 12 heteroatoms. The van der Waals surface area contributed by atoms with Gasteiger partial charge in [0, 0.05) is 22.2 Å². The second-order valence-corrected chi connectivity index (χ2v) is 10.5. The Morgan fingerprint density at radius 1 is 1.32 bits per heavy atom. The number of thiophene rings is 2. The molecule has 0 bridgehead atoms. The molecular formula is C22H23F3N4O3S2. The van der Waals surface area contributed by atoms with Gasteiger partial charge in [-0.2, -0.15) is 18.3 Å². The van der Waals surface area contributed by atoms with Crippen molar-refractivity contribution in [1.82, 2.24) is 9.78 Å². The van der Waals surface area contributed by atoms with Gasteiger partial charge in [0.05, 0.1) is 17.7 Å². The van der Waals surface area contributed by atoms with E-state index >= 15 is 0 Å². The smallest absolute Gasteiger partial charge is 0.410 e. The Labute approximate surface area is 201 Å². The average Bonchev–Trinajstić information content (AvgIpc) is 3.45. The van der Waals surface area contributed by atoms with Gasteiger partial charge < -0.3 is 15.4 Å². The van der Waals surface area contributed by atoms with Gasteiger partial charge in [-0.15, -0.1) is 22.7 Å². The third-order valence-electron chi connectivity index (χ3n) is 5.47. The summed E-state index contributed by atoms with van der Waals surface area (Å²) in [5.41, 5.74) is 0.723. The molecule has 2 atom stereocenters. The van der Waals surface area contributed by atoms with Crippen molar-refractivity contribution in [2.75, 3.05) is 10.6 Å². The summed E-state index contributed by atoms with van der Waals surface area (Å²) in [5, 5.41) is 11.8. The predicted octanol–water partition coefficient (Wildman–Crippen LogP) is 6.10. The molecule has 3 aromatic heterocycles. The van der Waals surface area contributed by atoms with Crippen LogP contribution in [0.2, 0.25) is 0 Å². The third-order valence-corrected chi connectivity index (χ3v) is 7.58. The maximum atomic E-state index is 13.8. The zero-order valence-corrected chi connectivity index (χ0v) is 20.5. The number of esters is 1. The van der Waals surface area contributed by atoms with E-state index in [1.165, 1.54) is 28.7 Å². The van der Waals surface area contributed by atoms with Crippen LogP contribution in [0.3, 0.4) is 0 Å². The molecule has 4 rings (SSSR count). The number of carbonyl (C=O) groups excluding carboxylic acids is 2. The van der Waals surface area contributed by atoms with Crippen molar-refractivity contribution < 1.29 is 27.5 Å². The van der Waals surface area contributed by atoms with Crippen molar-refractivity contribution >= 4 is 45.4 Å². The average molecular weight is 513 g/mol. The summed E-state index contributed by atoms with van der Waals surface area (Å²) in [6.45, 7) is 6.98. The molecular weight excluding hydrogens is 489 g/mol. The first kappa shape index (κ1) is 24.3. The highest BCUT2D eigenvalue weighted by Crippen LogP contribution is 2.44. The Hall–Kier alpha value is -2.86. The molecule has 3 aromatic rings. The van der Waals surface area contributed by atoms with E-state index in [1.807, 2.05) is 0 Å². The maximum absolute atomic E-state index is 13.8. The quantitative estimate of drug-likeness (QED) is 0.404. The number of alkyl halides is 3. The largest absolute Gasteiger partial charge is 0.459 e. The molecule has 182 valence electrons. The number of nitrogens with zero attached hydrogens (tertiary/aromatic N) is 2. The predicted molar refractivity (Wildman–Crippen MR) is 125 cm³/mol. The Balaban J connectivity index is 1.64. The van der Waals surface area contributed by atoms with Crippen molar-refractivity contribution in [3.63, 3.8) is 0 Å². The van der Waals surface area contributed by atoms with Crippen molar-refractivity contribution in [3.05, 3.63) is 50.2 Å². The number of ether oxygens (including phenoxy) is 1. The van der Waals surface area contributed by atoms with Crippen LogP contribution in [0.5, 0.6) is 0 Å². The van der Waals surface area contributed by atoms with Crippen LogP contribution < -0.4 is 10.6 Å². The molecule has 4 heterocycles. The number of hydrogen-bond donors (Lipinski definition) is 2. The Morgan fingerprint density at radius 3 is 2.68 bits per heavy atom. The molecule has 7 nitrogen and oxygen atoms in total. The molecule has 0 aliphatic carbocycles. The molecule has 0 aromatic carbocycles. The maximum Gasteiger partial charge on any atom is 0.410 e. The van der Waals surface area contributed by atoms with E-state index < -0.39 is 30.1 Å². The van der Waals surface area contributed by atoms with Gasteiger partial charge in [-0.1, -0.05) is 6.07 Å². The first-order valence-electron chi connectivity index (χ1n) is 10.5. The van der Waals surface area contributed by atoms with Crippen LogP contribution in [0, 0.1) is 13.8 Å². The molecule has 1 aliphatic rings. The number of nitrogens with one attached hydrogen (secondary N) is 2. The lowest BCUT2D eigenvalue weighted by molar-refractivity contribution is -0.173. The number of anilines is 2. The minimum Gasteiger partial charge on any atom is -0.459 e. The highest BCUT2D eigenvalue weighted by molar-refractivity contribution is 7.16. The first-order valence-corrected chi connectivity index (χ1v) is 12.2. The van der Waals surface area contributed by atoms with Crippen LogP contribution >= 0.6 is 22.7 Å². The number of fused-ring (bicyclic) bond motifs is 1. The fraction of sp³-hybridized carbons (Fsp3) is 0.409. The molecule has 0 spiro atoms. The lowest BCUT2D eigenvalue weighted by Gasteiger charge is -2.32. The molecule has 1 amide bonds. The van der Waals surface area contributed by atoms with E-state index in [4.69, 9.17) is 4.74 Å². The van der Waals surface area contributed by atoms with Gasteiger partial charge in [0.15, 0.2) is 11.7 Å². The number of aryl methyl sites for hydroxylation is 1. The standard InChI is InChI=1S/C22H23F3N4O3S2/c1-10(2)32-21(31)18-11(3)12(4)34-20(18)27-19(30)14-9-17-26-13(15-6-5-7-33-15)8-16(22(23,24)25)29(17)28-14/h5-7,9-10,13,16,26H,8H2,1-4H3,(H,27,30). The molecule has 0 saturated heterocycles. The van der Waals surface area contributed by atoms with Crippen LogP contribution in [0.4, 0.5) is 24.0 Å². The van der Waals surface area contributed by atoms with Gasteiger partial charge in [-0.05, 0) is 44.7 Å². The summed E-state index contributed by atoms with van der Waals surface area (Å²) in [6.07, 6.45) is -5.13. The molecule has 0 fully saturated rings. The topological polar surface area (TPSA) is 85.3 Å². The summed E-state index contributed by atoms with van der Waals surface area (Å²) >= 11 is 2.56. The van der Waals surface area contributed by atoms with E-state index in [0.29, 0.717) is 5.56 Å². The third kappa shape index (κ3) is 4.69. The minimum absolute atomic E-state index is 0.107. The fourth-order valence-corrected chi connectivity index (χ4v) is 5.60. The SMILES string of the molecule is Cc1sc(NC(=O)c2cc3n(n2)C(C(F)(F)F)CC(c2cccs2)N3)c(C(=O)OC(C)C)c1C. The highest BCUT2D eigenvalue weighted by atomic mass is 32.1. The van der Waals surface area contributed by atoms with E-state index in [9.17, 15) is 22.8 Å². The number of aromatic nitrogens is 2. The Kier molecular flexibility index (Phi) is 6.47. The molecule has 0 saturated carbocycles. The van der Waals surface area contributed by atoms with E-state index in [1.54, 1.807) is 45.2 Å². The second kappa shape index (κ2) is 9.06. The number of hydrogen-bond acceptors (Lipinski definition) is 7. The van der Waals surface area contributed by atoms with E-state index in [-0.39, 0.29) is 34.6 Å². The zero-order chi connectivity index (χ0) is 24.8. The lowest BCUT2D eigenvalue weighted by Crippen LogP contribution is -2.35. The lowest BCUT2D eigenvalue weighted by atomic mass is 10.0. The molecule has 2 unspecified atom stereocenters. The normalized spacial score (nSPS) is 17.9. The monoisotopic (exact) mass is 512 g/mol. The molecule has 34 heavy (non-hydrogen) atoms. The van der Waals surface area contributed by atoms with Gasteiger partial charge in [-0.3, -0.25) is 4.79 Å². The molecule has 2 N–H and O–H groups in total. The second-order valence-electron chi connectivity index (χ2n) is 8.26. The van der Waals surface area contributed by atoms with Crippen molar-refractivity contribution in [3.8, 4) is 0 Å². The van der Waals surface area contributed by atoms with Crippen LogP contribution in [-0.2, 0) is 4.74 Å². The molecule has 1 aliphatic heterocycles. The van der Waals surface area contributed by atoms with Crippen molar-refractivity contribution in [2.45, 2.75) is 58.5 Å². The summed E-state index contributed by atoms with van der Waals surface area (Å²) in [6, 6.07) is 2.43. The van der Waals surface area contributed by atoms with Gasteiger partial charge in [0.25, 0.3) is 5.91 Å². The van der Waals surface area contributed by atoms with Gasteiger partial charge in [0.1, 0.15) is 10.8 Å². The summed E-state index contributed by atoms with van der Waals surface area (Å²) in [4.78, 5) is 27.1. The van der Waals surface area contributed by atoms with Gasteiger partial charge in [-0.25, -0.2) is 9.48 Å². The van der Waals surface area contributed by atoms with Crippen molar-refractivity contribution in [1.29, 1.82) is 0 Å². The Bertz CT molecular complexity index is 1220. The Morgan fingerprint density at radius 2 is 2.06 bits per heavy atom. The fourth-order valence-electron chi connectivity index (χ4n) is 3.76. The number of carbonyl (C=O) groups is 2. The first-order chi connectivity index (χ1) is 16.0. The van der Waals surface area contributed by atoms with Crippen LogP contribution in [0.1, 0.15) is 68.5 Å². The van der Waals surface area contributed by atoms with Crippen molar-refractivity contribution in [2.24, 2.45) is 0 Å². The number of amides is 1.